The summed E-state index contributed by atoms with van der Waals surface area (Å²) in [6.07, 6.45) is 2.40. The molecular weight excluding hydrogens is 221 g/mol. The molecule has 78 valence electrons. The highest BCUT2D eigenvalue weighted by molar-refractivity contribution is 7.77. The molecule has 2 rings (SSSR count). The Morgan fingerprint density at radius 2 is 2.13 bits per heavy atom. The van der Waals surface area contributed by atoms with Gasteiger partial charge >= 0.3 is 0 Å². The number of pyridine rings is 1. The first kappa shape index (κ1) is 9.94. The Bertz CT molecular complexity index is 497. The van der Waals surface area contributed by atoms with Gasteiger partial charge in [0.15, 0.2) is 0 Å². The number of hydrogen-bond donors (Lipinski definition) is 1. The third kappa shape index (κ3) is 2.08. The normalized spacial score (nSPS) is 12.7. The second-order valence-electron chi connectivity index (χ2n) is 2.70. The van der Waals surface area contributed by atoms with Crippen LogP contribution >= 0.6 is 0 Å². The topological polar surface area (TPSA) is 68.0 Å². The van der Waals surface area contributed by atoms with Crippen molar-refractivity contribution in [2.45, 2.75) is 0 Å². The summed E-state index contributed by atoms with van der Waals surface area (Å²) in [5.74, 6) is -0.441. The van der Waals surface area contributed by atoms with Crippen LogP contribution in [-0.4, -0.2) is 22.9 Å². The Kier molecular flexibility index (Phi) is 2.57. The molecule has 0 bridgehead atoms. The first-order valence-electron chi connectivity index (χ1n) is 3.96. The van der Waals surface area contributed by atoms with Gasteiger partial charge in [-0.3, -0.25) is 9.54 Å². The van der Waals surface area contributed by atoms with Crippen LogP contribution in [0.25, 0.3) is 11.4 Å². The standard InChI is InChI=1S/C8H6FN3O2S/c9-6-1-2-7(10-5-6)8-3-4-12(11-8)15(13)14/h1-5H,(H,13,14). The van der Waals surface area contributed by atoms with Crippen LogP contribution in [0.15, 0.2) is 30.6 Å². The van der Waals surface area contributed by atoms with E-state index in [2.05, 4.69) is 10.1 Å². The molecule has 0 saturated carbocycles. The average molecular weight is 227 g/mol. The van der Waals surface area contributed by atoms with Gasteiger partial charge in [0.05, 0.1) is 11.9 Å². The summed E-state index contributed by atoms with van der Waals surface area (Å²) in [6.45, 7) is 0. The first-order valence-corrected chi connectivity index (χ1v) is 5.02. The van der Waals surface area contributed by atoms with Crippen molar-refractivity contribution in [2.75, 3.05) is 0 Å². The van der Waals surface area contributed by atoms with Crippen LogP contribution in [0.5, 0.6) is 0 Å². The van der Waals surface area contributed by atoms with E-state index in [0.29, 0.717) is 11.4 Å². The maximum Gasteiger partial charge on any atom is 0.282 e. The number of nitrogens with zero attached hydrogens (tertiary/aromatic N) is 3. The molecule has 0 saturated heterocycles. The molecule has 0 aliphatic carbocycles. The predicted octanol–water partition coefficient (Wildman–Crippen LogP) is 1.07. The van der Waals surface area contributed by atoms with Gasteiger partial charge in [0.2, 0.25) is 0 Å². The lowest BCUT2D eigenvalue weighted by atomic mass is 10.3. The van der Waals surface area contributed by atoms with Gasteiger partial charge in [-0.15, -0.1) is 0 Å². The van der Waals surface area contributed by atoms with Gasteiger partial charge in [-0.05, 0) is 18.2 Å². The molecule has 7 heteroatoms. The Morgan fingerprint density at radius 3 is 2.67 bits per heavy atom. The number of hydrogen-bond acceptors (Lipinski definition) is 3. The van der Waals surface area contributed by atoms with Gasteiger partial charge in [-0.1, -0.05) is 0 Å². The second kappa shape index (κ2) is 3.87. The van der Waals surface area contributed by atoms with Gasteiger partial charge in [-0.2, -0.15) is 9.19 Å². The van der Waals surface area contributed by atoms with E-state index in [1.54, 1.807) is 0 Å². The molecule has 0 spiro atoms. The minimum atomic E-state index is -2.18. The largest absolute Gasteiger partial charge is 0.288 e. The molecule has 2 aromatic rings. The van der Waals surface area contributed by atoms with Crippen molar-refractivity contribution in [3.8, 4) is 11.4 Å². The van der Waals surface area contributed by atoms with Gasteiger partial charge in [-0.25, -0.2) is 8.60 Å². The molecule has 0 radical (unpaired) electrons. The molecule has 0 aliphatic heterocycles. The Morgan fingerprint density at radius 1 is 1.33 bits per heavy atom. The maximum absolute atomic E-state index is 12.6. The molecule has 2 heterocycles. The third-order valence-corrected chi connectivity index (χ3v) is 2.24. The van der Waals surface area contributed by atoms with E-state index < -0.39 is 17.1 Å². The van der Waals surface area contributed by atoms with Crippen LogP contribution < -0.4 is 0 Å². The maximum atomic E-state index is 12.6. The van der Waals surface area contributed by atoms with Crippen LogP contribution in [0.2, 0.25) is 0 Å². The molecule has 0 aliphatic rings. The van der Waals surface area contributed by atoms with Crippen molar-refractivity contribution in [3.05, 3.63) is 36.4 Å². The minimum absolute atomic E-state index is 0.414. The van der Waals surface area contributed by atoms with E-state index in [1.807, 2.05) is 0 Å². The third-order valence-electron chi connectivity index (χ3n) is 1.72. The molecule has 2 aromatic heterocycles. The lowest BCUT2D eigenvalue weighted by Gasteiger charge is -1.94. The zero-order chi connectivity index (χ0) is 10.8. The summed E-state index contributed by atoms with van der Waals surface area (Å²) < 4.78 is 32.8. The lowest BCUT2D eigenvalue weighted by molar-refractivity contribution is 0.547. The summed E-state index contributed by atoms with van der Waals surface area (Å²) in [5.41, 5.74) is 0.859. The Labute approximate surface area is 87.0 Å². The lowest BCUT2D eigenvalue weighted by Crippen LogP contribution is -2.02. The molecule has 15 heavy (non-hydrogen) atoms. The minimum Gasteiger partial charge on any atom is -0.288 e. The fourth-order valence-corrected chi connectivity index (χ4v) is 1.38. The summed E-state index contributed by atoms with van der Waals surface area (Å²) in [7, 11) is 0. The SMILES string of the molecule is O=S(O)n1ccc(-c2ccc(F)cn2)n1. The molecule has 1 N–H and O–H groups in total. The zero-order valence-corrected chi connectivity index (χ0v) is 8.19. The highest BCUT2D eigenvalue weighted by Gasteiger charge is 2.06. The summed E-state index contributed by atoms with van der Waals surface area (Å²) in [6, 6.07) is 4.22. The molecule has 1 unspecified atom stereocenters. The van der Waals surface area contributed by atoms with E-state index in [-0.39, 0.29) is 0 Å². The van der Waals surface area contributed by atoms with Crippen molar-refractivity contribution in [1.82, 2.24) is 14.2 Å². The van der Waals surface area contributed by atoms with Gasteiger partial charge in [0, 0.05) is 6.20 Å². The van der Waals surface area contributed by atoms with Crippen LogP contribution in [0, 0.1) is 5.82 Å². The quantitative estimate of drug-likeness (QED) is 0.779. The van der Waals surface area contributed by atoms with Crippen molar-refractivity contribution in [3.63, 3.8) is 0 Å². The van der Waals surface area contributed by atoms with Crippen molar-refractivity contribution >= 4 is 11.3 Å². The molecule has 0 aromatic carbocycles. The summed E-state index contributed by atoms with van der Waals surface area (Å²) in [5, 5.41) is 3.79. The Hall–Kier alpha value is -1.60. The second-order valence-corrected chi connectivity index (χ2v) is 3.53. The van der Waals surface area contributed by atoms with E-state index in [0.717, 1.165) is 10.3 Å². The molecule has 0 fully saturated rings. The number of halogens is 1. The van der Waals surface area contributed by atoms with Crippen LogP contribution in [0.4, 0.5) is 4.39 Å². The van der Waals surface area contributed by atoms with Gasteiger partial charge in [0.25, 0.3) is 11.3 Å². The van der Waals surface area contributed by atoms with Crippen LogP contribution in [0.1, 0.15) is 0 Å². The summed E-state index contributed by atoms with van der Waals surface area (Å²) in [4.78, 5) is 3.79. The molecule has 0 amide bonds. The van der Waals surface area contributed by atoms with Crippen molar-refractivity contribution < 1.29 is 13.2 Å². The van der Waals surface area contributed by atoms with E-state index >= 15 is 0 Å². The van der Waals surface area contributed by atoms with Crippen LogP contribution in [0.3, 0.4) is 0 Å². The fourth-order valence-electron chi connectivity index (χ4n) is 1.06. The van der Waals surface area contributed by atoms with Gasteiger partial charge < -0.3 is 0 Å². The van der Waals surface area contributed by atoms with Crippen molar-refractivity contribution in [2.24, 2.45) is 0 Å². The van der Waals surface area contributed by atoms with E-state index in [1.165, 1.54) is 24.4 Å². The average Bonchev–Trinajstić information content (AvgIpc) is 2.68. The molecular formula is C8H6FN3O2S. The smallest absolute Gasteiger partial charge is 0.282 e. The number of rotatable bonds is 2. The molecule has 5 nitrogen and oxygen atoms in total. The first-order chi connectivity index (χ1) is 7.16. The van der Waals surface area contributed by atoms with Crippen LogP contribution in [-0.2, 0) is 11.3 Å². The Balaban J connectivity index is 2.37. The van der Waals surface area contributed by atoms with Crippen molar-refractivity contribution in [1.29, 1.82) is 0 Å². The highest BCUT2D eigenvalue weighted by atomic mass is 32.2. The fraction of sp³-hybridized carbons (Fsp3) is 0. The van der Waals surface area contributed by atoms with Gasteiger partial charge in [0.1, 0.15) is 11.5 Å². The van der Waals surface area contributed by atoms with E-state index in [9.17, 15) is 8.60 Å². The van der Waals surface area contributed by atoms with E-state index in [4.69, 9.17) is 4.55 Å². The summed E-state index contributed by atoms with van der Waals surface area (Å²) >= 11 is -2.18. The highest BCUT2D eigenvalue weighted by Crippen LogP contribution is 2.13. The monoisotopic (exact) mass is 227 g/mol. The molecule has 1 atom stereocenters. The predicted molar refractivity (Wildman–Crippen MR) is 51.6 cm³/mol. The number of aromatic nitrogens is 3. The zero-order valence-electron chi connectivity index (χ0n) is 7.37.